The highest BCUT2D eigenvalue weighted by atomic mass is 32.2. The highest BCUT2D eigenvalue weighted by Gasteiger charge is 2.23. The summed E-state index contributed by atoms with van der Waals surface area (Å²) in [5.74, 6) is -1.49. The lowest BCUT2D eigenvalue weighted by molar-refractivity contribution is 0.0956. The number of fused-ring (bicyclic) bond motifs is 1. The molecule has 1 aromatic heterocycles. The van der Waals surface area contributed by atoms with E-state index >= 15 is 0 Å². The number of nitrogens with one attached hydrogen (secondary N) is 1. The molecule has 7 nitrogen and oxygen atoms in total. The van der Waals surface area contributed by atoms with E-state index in [0.717, 1.165) is 5.69 Å². The number of anilines is 1. The summed E-state index contributed by atoms with van der Waals surface area (Å²) in [4.78, 5) is 13.8. The number of para-hydroxylation sites is 1. The van der Waals surface area contributed by atoms with Crippen LogP contribution in [0.25, 0.3) is 11.0 Å². The second-order valence-corrected chi connectivity index (χ2v) is 7.28. The maximum atomic E-state index is 12.3. The van der Waals surface area contributed by atoms with Crippen LogP contribution in [-0.4, -0.2) is 33.5 Å². The summed E-state index contributed by atoms with van der Waals surface area (Å²) >= 11 is 0. The maximum absolute atomic E-state index is 12.3. The maximum Gasteiger partial charge on any atom is 0.300 e. The molecule has 0 saturated heterocycles. The average Bonchev–Trinajstić information content (AvgIpc) is 2.97. The molecule has 8 heteroatoms. The number of carbonyl (C=O) groups is 1. The first-order valence-electron chi connectivity index (χ1n) is 7.34. The summed E-state index contributed by atoms with van der Waals surface area (Å²) in [6.45, 7) is 0. The van der Waals surface area contributed by atoms with Crippen LogP contribution in [0, 0.1) is 0 Å². The van der Waals surface area contributed by atoms with Crippen molar-refractivity contribution in [3.8, 4) is 5.75 Å². The first-order chi connectivity index (χ1) is 11.8. The number of phenolic OH excluding ortho intramolecular Hbond substituents is 1. The molecule has 2 aromatic carbocycles. The van der Waals surface area contributed by atoms with E-state index < -0.39 is 21.7 Å². The van der Waals surface area contributed by atoms with Gasteiger partial charge in [-0.05, 0) is 30.3 Å². The molecule has 25 heavy (non-hydrogen) atoms. The molecule has 1 amide bonds. The molecule has 0 spiro atoms. The van der Waals surface area contributed by atoms with Gasteiger partial charge in [0.1, 0.15) is 16.2 Å². The lowest BCUT2D eigenvalue weighted by Gasteiger charge is -2.11. The van der Waals surface area contributed by atoms with Crippen molar-refractivity contribution in [1.82, 2.24) is 4.72 Å². The van der Waals surface area contributed by atoms with Crippen molar-refractivity contribution < 1.29 is 22.7 Å². The van der Waals surface area contributed by atoms with Crippen LogP contribution in [0.2, 0.25) is 0 Å². The number of nitrogens with zero attached hydrogens (tertiary/aromatic N) is 1. The second-order valence-electron chi connectivity index (χ2n) is 5.63. The number of carbonyl (C=O) groups excluding carboxylic acids is 1. The van der Waals surface area contributed by atoms with Crippen molar-refractivity contribution in [2.75, 3.05) is 19.0 Å². The number of hydrogen-bond acceptors (Lipinski definition) is 6. The van der Waals surface area contributed by atoms with E-state index in [2.05, 4.69) is 0 Å². The standard InChI is InChI=1S/C17H16N2O5S/c1-19(2)12-8-7-11-9-15(24-14(11)10-12)17(21)18-25(22,23)16-6-4-3-5-13(16)20/h3-10,20H,1-2H3,(H,18,21). The van der Waals surface area contributed by atoms with E-state index in [4.69, 9.17) is 4.42 Å². The van der Waals surface area contributed by atoms with Gasteiger partial charge in [0.2, 0.25) is 0 Å². The molecule has 130 valence electrons. The van der Waals surface area contributed by atoms with Crippen molar-refractivity contribution in [3.05, 3.63) is 54.3 Å². The molecule has 3 aromatic rings. The SMILES string of the molecule is CN(C)c1ccc2cc(C(=O)NS(=O)(=O)c3ccccc3O)oc2c1. The summed E-state index contributed by atoms with van der Waals surface area (Å²) < 4.78 is 31.9. The summed E-state index contributed by atoms with van der Waals surface area (Å²) in [5, 5.41) is 10.3. The molecule has 0 fully saturated rings. The minimum absolute atomic E-state index is 0.134. The Bertz CT molecular complexity index is 1050. The Balaban J connectivity index is 1.91. The van der Waals surface area contributed by atoms with Gasteiger partial charge >= 0.3 is 5.91 Å². The summed E-state index contributed by atoms with van der Waals surface area (Å²) in [6, 6.07) is 12.2. The second kappa shape index (κ2) is 6.14. The molecule has 0 aliphatic rings. The van der Waals surface area contributed by atoms with Crippen LogP contribution in [0.4, 0.5) is 5.69 Å². The van der Waals surface area contributed by atoms with Crippen molar-refractivity contribution in [3.63, 3.8) is 0 Å². The largest absolute Gasteiger partial charge is 0.507 e. The number of aromatic hydroxyl groups is 1. The Hall–Kier alpha value is -3.00. The Morgan fingerprint density at radius 1 is 1.12 bits per heavy atom. The highest BCUT2D eigenvalue weighted by molar-refractivity contribution is 7.90. The fraction of sp³-hybridized carbons (Fsp3) is 0.118. The molecular weight excluding hydrogens is 344 g/mol. The molecule has 0 radical (unpaired) electrons. The Morgan fingerprint density at radius 2 is 1.84 bits per heavy atom. The van der Waals surface area contributed by atoms with Gasteiger partial charge in [-0.15, -0.1) is 0 Å². The third-order valence-corrected chi connectivity index (χ3v) is 5.00. The molecule has 0 unspecified atom stereocenters. The number of furan rings is 1. The molecule has 0 atom stereocenters. The molecule has 0 bridgehead atoms. The van der Waals surface area contributed by atoms with Gasteiger partial charge in [-0.1, -0.05) is 12.1 Å². The minimum atomic E-state index is -4.22. The Kier molecular flexibility index (Phi) is 4.13. The van der Waals surface area contributed by atoms with Crippen molar-refractivity contribution in [2.24, 2.45) is 0 Å². The zero-order valence-electron chi connectivity index (χ0n) is 13.6. The molecule has 0 aliphatic carbocycles. The zero-order chi connectivity index (χ0) is 18.2. The van der Waals surface area contributed by atoms with Crippen molar-refractivity contribution >= 4 is 32.6 Å². The Labute approximate surface area is 144 Å². The lowest BCUT2D eigenvalue weighted by Crippen LogP contribution is -2.30. The predicted molar refractivity (Wildman–Crippen MR) is 93.3 cm³/mol. The van der Waals surface area contributed by atoms with E-state index in [0.29, 0.717) is 11.0 Å². The molecule has 3 rings (SSSR count). The normalized spacial score (nSPS) is 11.4. The van der Waals surface area contributed by atoms with Crippen LogP contribution >= 0.6 is 0 Å². The third-order valence-electron chi connectivity index (χ3n) is 3.63. The van der Waals surface area contributed by atoms with E-state index in [9.17, 15) is 18.3 Å². The predicted octanol–water partition coefficient (Wildman–Crippen LogP) is 2.32. The van der Waals surface area contributed by atoms with Gasteiger partial charge in [0, 0.05) is 31.2 Å². The smallest absolute Gasteiger partial charge is 0.300 e. The highest BCUT2D eigenvalue weighted by Crippen LogP contribution is 2.25. The molecule has 1 heterocycles. The minimum Gasteiger partial charge on any atom is -0.507 e. The van der Waals surface area contributed by atoms with E-state index in [-0.39, 0.29) is 10.7 Å². The van der Waals surface area contributed by atoms with Gasteiger partial charge in [-0.2, -0.15) is 0 Å². The van der Waals surface area contributed by atoms with Crippen LogP contribution in [0.5, 0.6) is 5.75 Å². The van der Waals surface area contributed by atoms with E-state index in [1.807, 2.05) is 29.8 Å². The van der Waals surface area contributed by atoms with Crippen molar-refractivity contribution in [1.29, 1.82) is 0 Å². The van der Waals surface area contributed by atoms with Gasteiger partial charge in [0.05, 0.1) is 0 Å². The van der Waals surface area contributed by atoms with Crippen LogP contribution < -0.4 is 9.62 Å². The number of rotatable bonds is 4. The third kappa shape index (κ3) is 3.29. The lowest BCUT2D eigenvalue weighted by atomic mass is 10.2. The molecule has 0 saturated carbocycles. The summed E-state index contributed by atoms with van der Waals surface area (Å²) in [7, 11) is -0.472. The number of amides is 1. The van der Waals surface area contributed by atoms with Crippen LogP contribution in [0.3, 0.4) is 0 Å². The fourth-order valence-corrected chi connectivity index (χ4v) is 3.38. The first-order valence-corrected chi connectivity index (χ1v) is 8.82. The quantitative estimate of drug-likeness (QED) is 0.741. The average molecular weight is 360 g/mol. The monoisotopic (exact) mass is 360 g/mol. The van der Waals surface area contributed by atoms with E-state index in [1.165, 1.54) is 30.3 Å². The van der Waals surface area contributed by atoms with Gasteiger partial charge < -0.3 is 14.4 Å². The summed E-state index contributed by atoms with van der Waals surface area (Å²) in [5.41, 5.74) is 1.35. The van der Waals surface area contributed by atoms with Crippen LogP contribution in [0.15, 0.2) is 57.8 Å². The first kappa shape index (κ1) is 16.8. The van der Waals surface area contributed by atoms with Crippen LogP contribution in [-0.2, 0) is 10.0 Å². The number of benzene rings is 2. The Morgan fingerprint density at radius 3 is 2.52 bits per heavy atom. The van der Waals surface area contributed by atoms with Crippen LogP contribution in [0.1, 0.15) is 10.6 Å². The topological polar surface area (TPSA) is 99.9 Å². The van der Waals surface area contributed by atoms with Gasteiger partial charge in [-0.3, -0.25) is 4.79 Å². The molecular formula is C17H16N2O5S. The molecule has 2 N–H and O–H groups in total. The number of phenols is 1. The van der Waals surface area contributed by atoms with E-state index in [1.54, 1.807) is 12.1 Å². The summed E-state index contributed by atoms with van der Waals surface area (Å²) in [6.07, 6.45) is 0. The van der Waals surface area contributed by atoms with Crippen molar-refractivity contribution in [2.45, 2.75) is 4.90 Å². The van der Waals surface area contributed by atoms with Gasteiger partial charge in [-0.25, -0.2) is 13.1 Å². The number of sulfonamides is 1. The fourth-order valence-electron chi connectivity index (χ4n) is 2.32. The zero-order valence-corrected chi connectivity index (χ0v) is 14.4. The van der Waals surface area contributed by atoms with Gasteiger partial charge in [0.15, 0.2) is 5.76 Å². The molecule has 0 aliphatic heterocycles. The van der Waals surface area contributed by atoms with Gasteiger partial charge in [0.25, 0.3) is 10.0 Å². The number of hydrogen-bond donors (Lipinski definition) is 2.